The van der Waals surface area contributed by atoms with E-state index in [0.717, 1.165) is 0 Å². The van der Waals surface area contributed by atoms with Crippen molar-refractivity contribution >= 4 is 23.4 Å². The first kappa shape index (κ1) is 11.8. The number of carbonyl (C=O) groups excluding carboxylic acids is 1. The topological polar surface area (TPSA) is 72.2 Å². The Kier molecular flexibility index (Phi) is 3.58. The van der Waals surface area contributed by atoms with Gasteiger partial charge in [-0.3, -0.25) is 4.79 Å². The molecule has 0 saturated heterocycles. The molecule has 7 heteroatoms. The lowest BCUT2D eigenvalue weighted by molar-refractivity contribution is -0.119. The quantitative estimate of drug-likeness (QED) is 0.811. The van der Waals surface area contributed by atoms with Gasteiger partial charge in [0, 0.05) is 18.4 Å². The van der Waals surface area contributed by atoms with Gasteiger partial charge < -0.3 is 5.32 Å². The van der Waals surface area contributed by atoms with E-state index in [0.29, 0.717) is 16.7 Å². The van der Waals surface area contributed by atoms with E-state index in [2.05, 4.69) is 20.4 Å². The van der Waals surface area contributed by atoms with Crippen molar-refractivity contribution in [2.75, 3.05) is 5.75 Å². The SMILES string of the molecule is CC(C)NC(=O)CSc1nc2ncccn2n1. The van der Waals surface area contributed by atoms with Crippen LogP contribution in [0.3, 0.4) is 0 Å². The monoisotopic (exact) mass is 251 g/mol. The molecule has 0 aromatic carbocycles. The van der Waals surface area contributed by atoms with Gasteiger partial charge in [0.25, 0.3) is 5.78 Å². The lowest BCUT2D eigenvalue weighted by Gasteiger charge is -2.06. The number of hydrogen-bond acceptors (Lipinski definition) is 5. The summed E-state index contributed by atoms with van der Waals surface area (Å²) in [7, 11) is 0. The molecule has 2 aromatic heterocycles. The Hall–Kier alpha value is -1.63. The van der Waals surface area contributed by atoms with Crippen LogP contribution in [-0.2, 0) is 4.79 Å². The summed E-state index contributed by atoms with van der Waals surface area (Å²) in [6, 6.07) is 1.93. The molecule has 90 valence electrons. The molecule has 6 nitrogen and oxygen atoms in total. The normalized spacial score (nSPS) is 11.0. The molecule has 0 radical (unpaired) electrons. The number of nitrogens with zero attached hydrogens (tertiary/aromatic N) is 4. The molecule has 0 spiro atoms. The maximum atomic E-state index is 11.4. The highest BCUT2D eigenvalue weighted by molar-refractivity contribution is 7.99. The van der Waals surface area contributed by atoms with Gasteiger partial charge in [-0.25, -0.2) is 9.50 Å². The van der Waals surface area contributed by atoms with Crippen molar-refractivity contribution in [3.05, 3.63) is 18.5 Å². The van der Waals surface area contributed by atoms with Crippen molar-refractivity contribution < 1.29 is 4.79 Å². The predicted octanol–water partition coefficient (Wildman–Crippen LogP) is 0.741. The fourth-order valence-electron chi connectivity index (χ4n) is 1.27. The second-order valence-electron chi connectivity index (χ2n) is 3.77. The second-order valence-corrected chi connectivity index (χ2v) is 4.71. The van der Waals surface area contributed by atoms with Crippen LogP contribution in [0.5, 0.6) is 0 Å². The zero-order chi connectivity index (χ0) is 12.3. The van der Waals surface area contributed by atoms with Crippen molar-refractivity contribution in [2.45, 2.75) is 25.0 Å². The van der Waals surface area contributed by atoms with Gasteiger partial charge in [-0.2, -0.15) is 4.98 Å². The largest absolute Gasteiger partial charge is 0.353 e. The highest BCUT2D eigenvalue weighted by Crippen LogP contribution is 2.12. The Morgan fingerprint density at radius 2 is 2.41 bits per heavy atom. The molecule has 0 aliphatic heterocycles. The second kappa shape index (κ2) is 5.13. The number of amides is 1. The van der Waals surface area contributed by atoms with Gasteiger partial charge in [0.1, 0.15) is 0 Å². The standard InChI is InChI=1S/C10H13N5OS/c1-7(2)12-8(16)6-17-10-13-9-11-4-3-5-15(9)14-10/h3-5,7H,6H2,1-2H3,(H,12,16). The number of nitrogens with one attached hydrogen (secondary N) is 1. The van der Waals surface area contributed by atoms with Gasteiger partial charge in [-0.1, -0.05) is 11.8 Å². The lowest BCUT2D eigenvalue weighted by atomic mass is 10.4. The van der Waals surface area contributed by atoms with Gasteiger partial charge >= 0.3 is 0 Å². The zero-order valence-corrected chi connectivity index (χ0v) is 10.4. The molecule has 0 atom stereocenters. The molecule has 17 heavy (non-hydrogen) atoms. The van der Waals surface area contributed by atoms with E-state index in [1.165, 1.54) is 11.8 Å². The van der Waals surface area contributed by atoms with Crippen LogP contribution in [0.15, 0.2) is 23.6 Å². The van der Waals surface area contributed by atoms with Gasteiger partial charge in [0.2, 0.25) is 11.1 Å². The summed E-state index contributed by atoms with van der Waals surface area (Å²) in [5, 5.41) is 7.56. The molecule has 0 unspecified atom stereocenters. The molecule has 1 N–H and O–H groups in total. The first-order chi connectivity index (χ1) is 8.15. The van der Waals surface area contributed by atoms with Crippen molar-refractivity contribution in [1.82, 2.24) is 24.9 Å². The maximum absolute atomic E-state index is 11.4. The first-order valence-corrected chi connectivity index (χ1v) is 6.23. The van der Waals surface area contributed by atoms with Crippen LogP contribution >= 0.6 is 11.8 Å². The minimum Gasteiger partial charge on any atom is -0.353 e. The van der Waals surface area contributed by atoms with Crippen LogP contribution < -0.4 is 5.32 Å². The van der Waals surface area contributed by atoms with Crippen molar-refractivity contribution in [2.24, 2.45) is 0 Å². The van der Waals surface area contributed by atoms with E-state index in [1.54, 1.807) is 23.0 Å². The van der Waals surface area contributed by atoms with Crippen molar-refractivity contribution in [3.63, 3.8) is 0 Å². The number of thioether (sulfide) groups is 1. The molecule has 0 fully saturated rings. The van der Waals surface area contributed by atoms with Gasteiger partial charge in [-0.15, -0.1) is 5.10 Å². The van der Waals surface area contributed by atoms with Crippen LogP contribution in [0.25, 0.3) is 5.78 Å². The summed E-state index contributed by atoms with van der Waals surface area (Å²) in [6.45, 7) is 3.85. The van der Waals surface area contributed by atoms with Crippen molar-refractivity contribution in [3.8, 4) is 0 Å². The number of fused-ring (bicyclic) bond motifs is 1. The van der Waals surface area contributed by atoms with Crippen LogP contribution in [0.4, 0.5) is 0 Å². The molecular formula is C10H13N5OS. The van der Waals surface area contributed by atoms with E-state index in [9.17, 15) is 4.79 Å². The van der Waals surface area contributed by atoms with Crippen LogP contribution in [0, 0.1) is 0 Å². The first-order valence-electron chi connectivity index (χ1n) is 5.24. The third-order valence-electron chi connectivity index (χ3n) is 1.88. The highest BCUT2D eigenvalue weighted by Gasteiger charge is 2.08. The lowest BCUT2D eigenvalue weighted by Crippen LogP contribution is -2.31. The van der Waals surface area contributed by atoms with Crippen LogP contribution in [0.1, 0.15) is 13.8 Å². The fourth-order valence-corrected chi connectivity index (χ4v) is 1.90. The zero-order valence-electron chi connectivity index (χ0n) is 9.62. The third-order valence-corrected chi connectivity index (χ3v) is 2.72. The Labute approximate surface area is 103 Å². The van der Waals surface area contributed by atoms with Gasteiger partial charge in [0.05, 0.1) is 5.75 Å². The van der Waals surface area contributed by atoms with Crippen LogP contribution in [0.2, 0.25) is 0 Å². The van der Waals surface area contributed by atoms with E-state index in [1.807, 2.05) is 13.8 Å². The van der Waals surface area contributed by atoms with Crippen molar-refractivity contribution in [1.29, 1.82) is 0 Å². The van der Waals surface area contributed by atoms with E-state index in [4.69, 9.17) is 0 Å². The average molecular weight is 251 g/mol. The Morgan fingerprint density at radius 3 is 3.12 bits per heavy atom. The molecule has 2 heterocycles. The summed E-state index contributed by atoms with van der Waals surface area (Å²) in [6.07, 6.45) is 3.43. The number of rotatable bonds is 4. The van der Waals surface area contributed by atoms with E-state index in [-0.39, 0.29) is 11.9 Å². The van der Waals surface area contributed by atoms with E-state index >= 15 is 0 Å². The minimum atomic E-state index is -0.0168. The summed E-state index contributed by atoms with van der Waals surface area (Å²) in [5.41, 5.74) is 0. The molecule has 2 aromatic rings. The Bertz CT molecular complexity index is 491. The molecule has 0 aliphatic carbocycles. The summed E-state index contributed by atoms with van der Waals surface area (Å²) >= 11 is 1.30. The minimum absolute atomic E-state index is 0.0168. The molecule has 2 rings (SSSR count). The predicted molar refractivity (Wildman–Crippen MR) is 64.8 cm³/mol. The Morgan fingerprint density at radius 1 is 1.59 bits per heavy atom. The smallest absolute Gasteiger partial charge is 0.253 e. The van der Waals surface area contributed by atoms with E-state index < -0.39 is 0 Å². The molecular weight excluding hydrogens is 238 g/mol. The number of hydrogen-bond donors (Lipinski definition) is 1. The molecule has 0 saturated carbocycles. The van der Waals surface area contributed by atoms with Gasteiger partial charge in [0.15, 0.2) is 0 Å². The summed E-state index contributed by atoms with van der Waals surface area (Å²) in [4.78, 5) is 19.7. The van der Waals surface area contributed by atoms with Gasteiger partial charge in [-0.05, 0) is 19.9 Å². The Balaban J connectivity index is 1.97. The molecule has 0 aliphatic rings. The average Bonchev–Trinajstić information content (AvgIpc) is 2.68. The van der Waals surface area contributed by atoms with Crippen LogP contribution in [-0.4, -0.2) is 37.3 Å². The third kappa shape index (κ3) is 3.16. The maximum Gasteiger partial charge on any atom is 0.253 e. The highest BCUT2D eigenvalue weighted by atomic mass is 32.2. The number of carbonyl (C=O) groups is 1. The summed E-state index contributed by atoms with van der Waals surface area (Å²) < 4.78 is 1.59. The summed E-state index contributed by atoms with van der Waals surface area (Å²) in [5.74, 6) is 0.839. The fraction of sp³-hybridized carbons (Fsp3) is 0.400. The number of aromatic nitrogens is 4. The molecule has 0 bridgehead atoms. The molecule has 1 amide bonds.